The summed E-state index contributed by atoms with van der Waals surface area (Å²) >= 11 is 3.50. The van der Waals surface area contributed by atoms with E-state index < -0.39 is 5.79 Å². The fraction of sp³-hybridized carbons (Fsp3) is 0.375. The molecule has 2 aromatic rings. The van der Waals surface area contributed by atoms with E-state index >= 15 is 0 Å². The van der Waals surface area contributed by atoms with Crippen molar-refractivity contribution in [2.24, 2.45) is 0 Å². The monoisotopic (exact) mass is 304 g/mol. The van der Waals surface area contributed by atoms with Crippen molar-refractivity contribution in [1.29, 1.82) is 0 Å². The molecule has 0 radical (unpaired) electrons. The maximum Gasteiger partial charge on any atom is 0.163 e. The Bertz CT molecular complexity index is 670. The summed E-state index contributed by atoms with van der Waals surface area (Å²) in [4.78, 5) is 4.86. The third kappa shape index (κ3) is 2.82. The van der Waals surface area contributed by atoms with Crippen LogP contribution < -0.4 is 0 Å². The lowest BCUT2D eigenvalue weighted by Gasteiger charge is -2.16. The second kappa shape index (κ2) is 5.34. The molecule has 1 fully saturated rings. The van der Waals surface area contributed by atoms with E-state index in [1.54, 1.807) is 22.7 Å². The fourth-order valence-electron chi connectivity index (χ4n) is 2.15. The lowest BCUT2D eigenvalue weighted by molar-refractivity contribution is -0.138. The summed E-state index contributed by atoms with van der Waals surface area (Å²) in [7, 11) is 0. The molecule has 3 heterocycles. The predicted octanol–water partition coefficient (Wildman–Crippen LogP) is 4.67. The first-order valence-corrected chi connectivity index (χ1v) is 8.15. The van der Waals surface area contributed by atoms with E-state index in [1.165, 1.54) is 14.6 Å². The zero-order valence-corrected chi connectivity index (χ0v) is 13.4. The van der Waals surface area contributed by atoms with E-state index in [4.69, 9.17) is 9.47 Å². The van der Waals surface area contributed by atoms with Gasteiger partial charge in [0.25, 0.3) is 0 Å². The van der Waals surface area contributed by atoms with Crippen LogP contribution in [0.15, 0.2) is 24.3 Å². The normalized spacial score (nSPS) is 20.6. The van der Waals surface area contributed by atoms with Crippen LogP contribution in [0.2, 0.25) is 0 Å². The van der Waals surface area contributed by atoms with E-state index in [0.29, 0.717) is 6.61 Å². The second-order valence-electron chi connectivity index (χ2n) is 5.06. The first-order valence-electron chi connectivity index (χ1n) is 6.52. The molecule has 2 aromatic heterocycles. The Morgan fingerprint density at radius 2 is 1.90 bits per heavy atom. The Hall–Kier alpha value is -1.12. The van der Waals surface area contributed by atoms with Gasteiger partial charge in [-0.1, -0.05) is 5.92 Å². The van der Waals surface area contributed by atoms with Crippen molar-refractivity contribution < 1.29 is 9.47 Å². The minimum Gasteiger partial charge on any atom is -0.347 e. The van der Waals surface area contributed by atoms with Crippen LogP contribution in [0.25, 0.3) is 9.75 Å². The van der Waals surface area contributed by atoms with Crippen LogP contribution in [0.1, 0.15) is 36.6 Å². The Morgan fingerprint density at radius 3 is 2.60 bits per heavy atom. The predicted molar refractivity (Wildman–Crippen MR) is 84.0 cm³/mol. The fourth-order valence-corrected chi connectivity index (χ4v) is 4.17. The molecule has 0 aliphatic carbocycles. The number of hydrogen-bond acceptors (Lipinski definition) is 4. The summed E-state index contributed by atoms with van der Waals surface area (Å²) in [5, 5.41) is 0. The van der Waals surface area contributed by atoms with Crippen LogP contribution in [0.3, 0.4) is 0 Å². The highest BCUT2D eigenvalue weighted by molar-refractivity contribution is 7.22. The molecule has 104 valence electrons. The quantitative estimate of drug-likeness (QED) is 0.751. The van der Waals surface area contributed by atoms with Crippen LogP contribution in [-0.2, 0) is 9.47 Å². The van der Waals surface area contributed by atoms with Gasteiger partial charge in [0, 0.05) is 14.6 Å². The highest BCUT2D eigenvalue weighted by atomic mass is 32.1. The molecule has 1 unspecified atom stereocenters. The number of rotatable bonds is 2. The molecule has 20 heavy (non-hydrogen) atoms. The van der Waals surface area contributed by atoms with Crippen LogP contribution in [-0.4, -0.2) is 12.4 Å². The molecule has 0 saturated carbocycles. The summed E-state index contributed by atoms with van der Waals surface area (Å²) in [6.07, 6.45) is 0.0543. The van der Waals surface area contributed by atoms with Crippen LogP contribution in [0, 0.1) is 11.8 Å². The van der Waals surface area contributed by atoms with Crippen LogP contribution in [0.5, 0.6) is 0 Å². The van der Waals surface area contributed by atoms with Crippen LogP contribution in [0.4, 0.5) is 0 Å². The van der Waals surface area contributed by atoms with Crippen molar-refractivity contribution in [2.75, 3.05) is 6.61 Å². The van der Waals surface area contributed by atoms with Crippen molar-refractivity contribution in [3.63, 3.8) is 0 Å². The van der Waals surface area contributed by atoms with Crippen molar-refractivity contribution in [1.82, 2.24) is 0 Å². The lowest BCUT2D eigenvalue weighted by Crippen LogP contribution is -2.19. The molecule has 3 rings (SSSR count). The molecule has 0 bridgehead atoms. The summed E-state index contributed by atoms with van der Waals surface area (Å²) in [5.41, 5.74) is 0. The molecule has 4 heteroatoms. The minimum atomic E-state index is -0.471. The van der Waals surface area contributed by atoms with Gasteiger partial charge in [-0.15, -0.1) is 28.6 Å². The molecule has 1 atom stereocenters. The molecular weight excluding hydrogens is 288 g/mol. The van der Waals surface area contributed by atoms with Crippen molar-refractivity contribution in [3.8, 4) is 21.6 Å². The standard InChI is InChI=1S/C16H16O2S2/c1-4-5-11-6-7-14(19-11)15-9-8-13(20-15)12-10-17-16(2,3)18-12/h6-9,12H,10H2,1-3H3. The Morgan fingerprint density at radius 1 is 1.15 bits per heavy atom. The smallest absolute Gasteiger partial charge is 0.163 e. The van der Waals surface area contributed by atoms with Gasteiger partial charge in [-0.25, -0.2) is 0 Å². The first-order chi connectivity index (χ1) is 9.57. The maximum absolute atomic E-state index is 5.90. The highest BCUT2D eigenvalue weighted by Gasteiger charge is 2.34. The van der Waals surface area contributed by atoms with Gasteiger partial charge in [-0.2, -0.15) is 0 Å². The van der Waals surface area contributed by atoms with Gasteiger partial charge < -0.3 is 9.47 Å². The topological polar surface area (TPSA) is 18.5 Å². The van der Waals surface area contributed by atoms with E-state index in [9.17, 15) is 0 Å². The average Bonchev–Trinajstić information content (AvgIpc) is 3.07. The highest BCUT2D eigenvalue weighted by Crippen LogP contribution is 2.40. The van der Waals surface area contributed by atoms with Crippen molar-refractivity contribution in [2.45, 2.75) is 32.7 Å². The Kier molecular flexibility index (Phi) is 3.70. The first kappa shape index (κ1) is 13.8. The summed E-state index contributed by atoms with van der Waals surface area (Å²) in [5.74, 6) is 5.56. The third-order valence-electron chi connectivity index (χ3n) is 3.05. The number of thiophene rings is 2. The van der Waals surface area contributed by atoms with Crippen LogP contribution >= 0.6 is 22.7 Å². The minimum absolute atomic E-state index is 0.0543. The van der Waals surface area contributed by atoms with Crippen molar-refractivity contribution in [3.05, 3.63) is 34.0 Å². The van der Waals surface area contributed by atoms with Gasteiger partial charge in [0.1, 0.15) is 6.10 Å². The molecule has 2 nitrogen and oxygen atoms in total. The Balaban J connectivity index is 1.80. The van der Waals surface area contributed by atoms with Gasteiger partial charge >= 0.3 is 0 Å². The zero-order chi connectivity index (χ0) is 14.2. The van der Waals surface area contributed by atoms with Gasteiger partial charge in [-0.05, 0) is 45.0 Å². The number of hydrogen-bond donors (Lipinski definition) is 0. The Labute approximate surface area is 127 Å². The second-order valence-corrected chi connectivity index (χ2v) is 7.26. The van der Waals surface area contributed by atoms with Gasteiger partial charge in [0.15, 0.2) is 5.79 Å². The van der Waals surface area contributed by atoms with E-state index in [-0.39, 0.29) is 6.10 Å². The molecule has 0 aromatic carbocycles. The molecule has 0 amide bonds. The molecule has 0 N–H and O–H groups in total. The lowest BCUT2D eigenvalue weighted by atomic mass is 10.3. The summed E-state index contributed by atoms with van der Waals surface area (Å²) in [6.45, 7) is 6.40. The summed E-state index contributed by atoms with van der Waals surface area (Å²) in [6, 6.07) is 8.51. The summed E-state index contributed by atoms with van der Waals surface area (Å²) < 4.78 is 11.5. The SMILES string of the molecule is CC#Cc1ccc(-c2ccc(C3COC(C)(C)O3)s2)s1. The average molecular weight is 304 g/mol. The molecule has 1 aliphatic heterocycles. The zero-order valence-electron chi connectivity index (χ0n) is 11.7. The maximum atomic E-state index is 5.90. The van der Waals surface area contributed by atoms with E-state index in [2.05, 4.69) is 36.1 Å². The third-order valence-corrected chi connectivity index (χ3v) is 5.42. The molecule has 0 spiro atoms. The van der Waals surface area contributed by atoms with Crippen molar-refractivity contribution >= 4 is 22.7 Å². The van der Waals surface area contributed by atoms with Gasteiger partial charge in [0.05, 0.1) is 11.5 Å². The van der Waals surface area contributed by atoms with Gasteiger partial charge in [-0.3, -0.25) is 0 Å². The van der Waals surface area contributed by atoms with Gasteiger partial charge in [0.2, 0.25) is 0 Å². The molecular formula is C16H16O2S2. The molecule has 1 saturated heterocycles. The van der Waals surface area contributed by atoms with E-state index in [0.717, 1.165) is 4.88 Å². The molecule has 1 aliphatic rings. The largest absolute Gasteiger partial charge is 0.347 e. The van der Waals surface area contributed by atoms with E-state index in [1.807, 2.05) is 20.8 Å². The number of ether oxygens (including phenoxy) is 2.